The van der Waals surface area contributed by atoms with Crippen LogP contribution in [0.4, 0.5) is 0 Å². The number of carbonyl (C=O) groups is 1. The van der Waals surface area contributed by atoms with E-state index in [1.54, 1.807) is 0 Å². The molecule has 1 unspecified atom stereocenters. The lowest BCUT2D eigenvalue weighted by atomic mass is 10.0. The summed E-state index contributed by atoms with van der Waals surface area (Å²) in [6.45, 7) is 2.47. The van der Waals surface area contributed by atoms with E-state index in [0.29, 0.717) is 6.61 Å². The predicted octanol–water partition coefficient (Wildman–Crippen LogP) is 2.62. The number of hydrogen-bond donors (Lipinski definition) is 1. The molecule has 0 aromatic heterocycles. The van der Waals surface area contributed by atoms with Gasteiger partial charge < -0.3 is 9.84 Å². The molecule has 3 rings (SSSR count). The third-order valence-corrected chi connectivity index (χ3v) is 4.27. The molecule has 0 aliphatic carbocycles. The van der Waals surface area contributed by atoms with E-state index in [0.717, 1.165) is 49.2 Å². The average Bonchev–Trinajstić information content (AvgIpc) is 2.73. The molecular weight excluding hydrogens is 254 g/mol. The molecule has 0 bridgehead atoms. The van der Waals surface area contributed by atoms with E-state index in [2.05, 4.69) is 4.90 Å². The zero-order valence-corrected chi connectivity index (χ0v) is 11.7. The molecule has 108 valence electrons. The van der Waals surface area contributed by atoms with Gasteiger partial charge in [0.2, 0.25) is 0 Å². The zero-order valence-electron chi connectivity index (χ0n) is 11.7. The largest absolute Gasteiger partial charge is 0.493 e. The van der Waals surface area contributed by atoms with Gasteiger partial charge in [0.25, 0.3) is 0 Å². The van der Waals surface area contributed by atoms with Crippen LogP contribution in [-0.2, 0) is 11.2 Å². The third kappa shape index (κ3) is 2.66. The van der Waals surface area contributed by atoms with Crippen molar-refractivity contribution < 1.29 is 14.6 Å². The zero-order chi connectivity index (χ0) is 13.9. The van der Waals surface area contributed by atoms with Crippen molar-refractivity contribution in [3.63, 3.8) is 0 Å². The van der Waals surface area contributed by atoms with Crippen LogP contribution < -0.4 is 4.74 Å². The molecule has 4 heteroatoms. The van der Waals surface area contributed by atoms with Crippen LogP contribution in [0, 0.1) is 0 Å². The van der Waals surface area contributed by atoms with Crippen LogP contribution in [0.25, 0.3) is 0 Å². The van der Waals surface area contributed by atoms with Gasteiger partial charge in [0.1, 0.15) is 11.8 Å². The monoisotopic (exact) mass is 275 g/mol. The molecule has 20 heavy (non-hydrogen) atoms. The van der Waals surface area contributed by atoms with Crippen molar-refractivity contribution in [2.75, 3.05) is 19.7 Å². The van der Waals surface area contributed by atoms with Gasteiger partial charge in [-0.05, 0) is 49.2 Å². The normalized spacial score (nSPS) is 20.8. The lowest BCUT2D eigenvalue weighted by Crippen LogP contribution is -2.34. The Morgan fingerprint density at radius 2 is 1.95 bits per heavy atom. The molecule has 2 aliphatic heterocycles. The summed E-state index contributed by atoms with van der Waals surface area (Å²) in [5.41, 5.74) is 2.03. The number of fused-ring (bicyclic) bond motifs is 1. The summed E-state index contributed by atoms with van der Waals surface area (Å²) < 4.78 is 5.50. The van der Waals surface area contributed by atoms with Crippen molar-refractivity contribution >= 4 is 5.97 Å². The Balaban J connectivity index is 1.87. The second kappa shape index (κ2) is 5.83. The lowest BCUT2D eigenvalue weighted by molar-refractivity contribution is -0.143. The van der Waals surface area contributed by atoms with Gasteiger partial charge in [0, 0.05) is 6.42 Å². The summed E-state index contributed by atoms with van der Waals surface area (Å²) in [5.74, 6) is 0.166. The van der Waals surface area contributed by atoms with E-state index in [9.17, 15) is 9.90 Å². The highest BCUT2D eigenvalue weighted by atomic mass is 16.5. The van der Waals surface area contributed by atoms with Crippen molar-refractivity contribution in [2.45, 2.75) is 38.1 Å². The Hall–Kier alpha value is -1.55. The maximum atomic E-state index is 11.7. The molecule has 1 saturated heterocycles. The van der Waals surface area contributed by atoms with E-state index >= 15 is 0 Å². The van der Waals surface area contributed by atoms with E-state index < -0.39 is 12.0 Å². The van der Waals surface area contributed by atoms with Crippen molar-refractivity contribution in [2.24, 2.45) is 0 Å². The SMILES string of the molecule is O=C(O)C(c1ccc2c(c1)CCO2)N1CCCCCC1. The highest BCUT2D eigenvalue weighted by Gasteiger charge is 2.29. The molecule has 0 radical (unpaired) electrons. The van der Waals surface area contributed by atoms with Crippen LogP contribution in [0.15, 0.2) is 18.2 Å². The smallest absolute Gasteiger partial charge is 0.325 e. The quantitative estimate of drug-likeness (QED) is 0.921. The van der Waals surface area contributed by atoms with Crippen LogP contribution in [0.3, 0.4) is 0 Å². The summed E-state index contributed by atoms with van der Waals surface area (Å²) in [5, 5.41) is 9.65. The van der Waals surface area contributed by atoms with E-state index in [1.807, 2.05) is 18.2 Å². The van der Waals surface area contributed by atoms with Crippen molar-refractivity contribution in [3.8, 4) is 5.75 Å². The van der Waals surface area contributed by atoms with Crippen LogP contribution in [0.5, 0.6) is 5.75 Å². The van der Waals surface area contributed by atoms with Crippen LogP contribution in [0.1, 0.15) is 42.9 Å². The molecule has 1 atom stereocenters. The number of hydrogen-bond acceptors (Lipinski definition) is 3. The number of benzene rings is 1. The highest BCUT2D eigenvalue weighted by Crippen LogP contribution is 2.31. The molecule has 2 heterocycles. The minimum Gasteiger partial charge on any atom is -0.493 e. The Bertz CT molecular complexity index is 492. The number of rotatable bonds is 3. The Morgan fingerprint density at radius 3 is 2.65 bits per heavy atom. The van der Waals surface area contributed by atoms with Crippen LogP contribution >= 0.6 is 0 Å². The van der Waals surface area contributed by atoms with Crippen molar-refractivity contribution in [3.05, 3.63) is 29.3 Å². The number of nitrogens with zero attached hydrogens (tertiary/aromatic N) is 1. The predicted molar refractivity (Wildman–Crippen MR) is 76.1 cm³/mol. The fourth-order valence-corrected chi connectivity index (χ4v) is 3.24. The van der Waals surface area contributed by atoms with Gasteiger partial charge in [-0.1, -0.05) is 18.9 Å². The van der Waals surface area contributed by atoms with Gasteiger partial charge in [-0.25, -0.2) is 0 Å². The maximum Gasteiger partial charge on any atom is 0.325 e. The van der Waals surface area contributed by atoms with Crippen LogP contribution in [0.2, 0.25) is 0 Å². The number of ether oxygens (including phenoxy) is 1. The molecule has 1 N–H and O–H groups in total. The van der Waals surface area contributed by atoms with E-state index in [-0.39, 0.29) is 0 Å². The molecule has 0 spiro atoms. The fraction of sp³-hybridized carbons (Fsp3) is 0.562. The first-order valence-electron chi connectivity index (χ1n) is 7.48. The Kier molecular flexibility index (Phi) is 3.92. The first kappa shape index (κ1) is 13.4. The minimum absolute atomic E-state index is 0.515. The topological polar surface area (TPSA) is 49.8 Å². The van der Waals surface area contributed by atoms with Crippen LogP contribution in [-0.4, -0.2) is 35.7 Å². The van der Waals surface area contributed by atoms with Crippen molar-refractivity contribution in [1.82, 2.24) is 4.90 Å². The second-order valence-electron chi connectivity index (χ2n) is 5.66. The summed E-state index contributed by atoms with van der Waals surface area (Å²) in [7, 11) is 0. The van der Waals surface area contributed by atoms with Gasteiger partial charge in [-0.15, -0.1) is 0 Å². The van der Waals surface area contributed by atoms with E-state index in [4.69, 9.17) is 4.74 Å². The number of carboxylic acids is 1. The van der Waals surface area contributed by atoms with E-state index in [1.165, 1.54) is 12.8 Å². The minimum atomic E-state index is -0.745. The molecule has 1 aromatic carbocycles. The standard InChI is InChI=1S/C16H21NO3/c18-16(19)15(17-8-3-1-2-4-9-17)13-5-6-14-12(11-13)7-10-20-14/h5-6,11,15H,1-4,7-10H2,(H,18,19). The summed E-state index contributed by atoms with van der Waals surface area (Å²) >= 11 is 0. The second-order valence-corrected chi connectivity index (χ2v) is 5.66. The average molecular weight is 275 g/mol. The molecule has 2 aliphatic rings. The summed E-state index contributed by atoms with van der Waals surface area (Å²) in [6.07, 6.45) is 5.49. The van der Waals surface area contributed by atoms with Gasteiger partial charge in [-0.3, -0.25) is 9.69 Å². The third-order valence-electron chi connectivity index (χ3n) is 4.27. The first-order chi connectivity index (χ1) is 9.75. The Morgan fingerprint density at radius 1 is 1.20 bits per heavy atom. The molecule has 0 amide bonds. The first-order valence-corrected chi connectivity index (χ1v) is 7.48. The van der Waals surface area contributed by atoms with Gasteiger partial charge in [-0.2, -0.15) is 0 Å². The fourth-order valence-electron chi connectivity index (χ4n) is 3.24. The molecule has 1 aromatic rings. The molecule has 1 fully saturated rings. The lowest BCUT2D eigenvalue weighted by Gasteiger charge is -2.27. The van der Waals surface area contributed by atoms with Gasteiger partial charge in [0.05, 0.1) is 6.61 Å². The Labute approximate surface area is 119 Å². The highest BCUT2D eigenvalue weighted by molar-refractivity contribution is 5.76. The molecule has 4 nitrogen and oxygen atoms in total. The number of likely N-dealkylation sites (tertiary alicyclic amines) is 1. The molecule has 0 saturated carbocycles. The summed E-state index contributed by atoms with van der Waals surface area (Å²) in [4.78, 5) is 13.9. The van der Waals surface area contributed by atoms with Gasteiger partial charge >= 0.3 is 5.97 Å². The summed E-state index contributed by atoms with van der Waals surface area (Å²) in [6, 6.07) is 5.34. The van der Waals surface area contributed by atoms with Crippen molar-refractivity contribution in [1.29, 1.82) is 0 Å². The molecular formula is C16H21NO3. The van der Waals surface area contributed by atoms with Gasteiger partial charge in [0.15, 0.2) is 0 Å². The maximum absolute atomic E-state index is 11.7. The number of aliphatic carboxylic acids is 1. The number of carboxylic acid groups (broad SMARTS) is 1.